The Morgan fingerprint density at radius 2 is 1.25 bits per heavy atom. The topological polar surface area (TPSA) is 94.1 Å². The molecule has 0 aromatic heterocycles. The van der Waals surface area contributed by atoms with Crippen LogP contribution in [0, 0.1) is 23.2 Å². The number of sulfonamides is 1. The zero-order chi connectivity index (χ0) is 34.7. The first-order valence-electron chi connectivity index (χ1n) is 17.0. The van der Waals surface area contributed by atoms with Crippen molar-refractivity contribution in [2.24, 2.45) is 28.3 Å². The molecule has 0 heterocycles. The van der Waals surface area contributed by atoms with Crippen molar-refractivity contribution < 1.29 is 22.8 Å². The van der Waals surface area contributed by atoms with Gasteiger partial charge in [0.05, 0.1) is 17.8 Å². The summed E-state index contributed by atoms with van der Waals surface area (Å²) in [4.78, 5) is 16.4. The Morgan fingerprint density at radius 3 is 1.56 bits per heavy atom. The zero-order valence-corrected chi connectivity index (χ0v) is 31.0. The number of rotatable bonds is 8. The van der Waals surface area contributed by atoms with Crippen molar-refractivity contribution in [1.29, 1.82) is 0 Å². The first kappa shape index (κ1) is 45.3. The second-order valence-electron chi connectivity index (χ2n) is 14.8. The highest BCUT2D eigenvalue weighted by atomic mass is 32.2. The first-order valence-corrected chi connectivity index (χ1v) is 18.6. The number of carbonyl (C=O) groups excluding carboxylic acids is 1. The number of nitrogens with zero attached hydrogens (tertiary/aromatic N) is 1. The monoisotopic (exact) mass is 688 g/mol. The molecule has 3 aliphatic rings. The van der Waals surface area contributed by atoms with Gasteiger partial charge in [0.25, 0.3) is 0 Å². The maximum Gasteiger partial charge on any atom is 0.308 e. The Hall–Kier alpha value is -2.71. The van der Waals surface area contributed by atoms with E-state index < -0.39 is 10.0 Å². The van der Waals surface area contributed by atoms with Crippen LogP contribution in [0.1, 0.15) is 134 Å². The van der Waals surface area contributed by atoms with E-state index in [1.165, 1.54) is 30.4 Å². The average Bonchev–Trinajstić information content (AvgIpc) is 3.75. The predicted molar refractivity (Wildman–Crippen MR) is 205 cm³/mol. The highest BCUT2D eigenvalue weighted by molar-refractivity contribution is 7.90. The second-order valence-corrected chi connectivity index (χ2v) is 16.8. The highest BCUT2D eigenvalue weighted by Gasteiger charge is 2.35. The predicted octanol–water partition coefficient (Wildman–Crippen LogP) is 10.3. The maximum atomic E-state index is 11.1. The number of esters is 1. The lowest BCUT2D eigenvalue weighted by Crippen LogP contribution is -2.32. The highest BCUT2D eigenvalue weighted by Crippen LogP contribution is 2.36. The van der Waals surface area contributed by atoms with E-state index in [4.69, 9.17) is 9.57 Å². The molecule has 0 amide bonds. The van der Waals surface area contributed by atoms with Gasteiger partial charge in [-0.25, -0.2) is 13.1 Å². The number of benzene rings is 2. The number of carbonyl (C=O) groups is 1. The van der Waals surface area contributed by atoms with Gasteiger partial charge in [-0.3, -0.25) is 4.79 Å². The summed E-state index contributed by atoms with van der Waals surface area (Å²) in [5.41, 5.74) is 6.21. The van der Waals surface area contributed by atoms with Gasteiger partial charge in [0, 0.05) is 17.2 Å². The van der Waals surface area contributed by atoms with Gasteiger partial charge in [0.15, 0.2) is 0 Å². The fourth-order valence-electron chi connectivity index (χ4n) is 4.08. The van der Waals surface area contributed by atoms with Gasteiger partial charge in [-0.15, -0.1) is 0 Å². The van der Waals surface area contributed by atoms with Gasteiger partial charge in [-0.05, 0) is 81.8 Å². The standard InChI is InChI=1S/C16H15NO.C9H16O2.C7H16.C6H13NO2S.2CH4/c1-11(2)18-17-16-14-9-5-3-7-12(14)13-8-4-6-10-15(13)16;1-7(2)9(10)11-6-8-4-3-5-8;1-6(2)7(3,4)5;1-5(2)7-10(8,9)6-3-4-6;;/h3-11H,1-2H3;7-8H,3-6H2,1-2H3;6H,1-5H3;5-7H,3-4H2,1-2H3;2*1H4. The van der Waals surface area contributed by atoms with Gasteiger partial charge in [-0.2, -0.15) is 0 Å². The van der Waals surface area contributed by atoms with Crippen molar-refractivity contribution in [1.82, 2.24) is 4.72 Å². The summed E-state index contributed by atoms with van der Waals surface area (Å²) in [5.74, 6) is 1.43. The molecule has 2 aromatic rings. The first-order chi connectivity index (χ1) is 21.4. The third-order valence-corrected chi connectivity index (χ3v) is 10.4. The van der Waals surface area contributed by atoms with E-state index in [1.54, 1.807) is 0 Å². The number of hydrogen-bond donors (Lipinski definition) is 1. The molecule has 0 radical (unpaired) electrons. The fraction of sp³-hybridized carbons (Fsp3) is 0.650. The van der Waals surface area contributed by atoms with Crippen molar-refractivity contribution in [3.8, 4) is 11.1 Å². The molecule has 2 saturated carbocycles. The van der Waals surface area contributed by atoms with Crippen LogP contribution < -0.4 is 4.72 Å². The molecular weight excluding hydrogens is 621 g/mol. The molecule has 3 aliphatic carbocycles. The summed E-state index contributed by atoms with van der Waals surface area (Å²) >= 11 is 0. The Bertz CT molecular complexity index is 1320. The summed E-state index contributed by atoms with van der Waals surface area (Å²) < 4.78 is 29.8. The molecule has 5 rings (SSSR count). The largest absolute Gasteiger partial charge is 0.465 e. The maximum absolute atomic E-state index is 11.1. The van der Waals surface area contributed by atoms with E-state index in [-0.39, 0.29) is 44.1 Å². The minimum atomic E-state index is -2.94. The minimum absolute atomic E-state index is 0. The van der Waals surface area contributed by atoms with E-state index in [0.717, 1.165) is 35.6 Å². The molecule has 0 bridgehead atoms. The Kier molecular flexibility index (Phi) is 19.6. The minimum Gasteiger partial charge on any atom is -0.465 e. The number of oxime groups is 1. The van der Waals surface area contributed by atoms with Crippen molar-refractivity contribution in [2.45, 2.75) is 141 Å². The lowest BCUT2D eigenvalue weighted by atomic mass is 9.84. The Labute approximate surface area is 294 Å². The fourth-order valence-corrected chi connectivity index (χ4v) is 5.69. The van der Waals surface area contributed by atoms with Crippen molar-refractivity contribution >= 4 is 21.7 Å². The second kappa shape index (κ2) is 20.7. The zero-order valence-electron chi connectivity index (χ0n) is 30.2. The van der Waals surface area contributed by atoms with Crippen molar-refractivity contribution in [3.63, 3.8) is 0 Å². The molecule has 8 heteroatoms. The van der Waals surface area contributed by atoms with Gasteiger partial charge in [-0.1, -0.05) is 123 Å². The number of fused-ring (bicyclic) bond motifs is 3. The van der Waals surface area contributed by atoms with Crippen LogP contribution in [0.2, 0.25) is 0 Å². The molecule has 0 aliphatic heterocycles. The van der Waals surface area contributed by atoms with Crippen molar-refractivity contribution in [2.75, 3.05) is 6.61 Å². The molecule has 0 spiro atoms. The summed E-state index contributed by atoms with van der Waals surface area (Å²) in [5, 5.41) is 4.23. The third kappa shape index (κ3) is 15.2. The van der Waals surface area contributed by atoms with Crippen LogP contribution in [0.3, 0.4) is 0 Å². The smallest absolute Gasteiger partial charge is 0.308 e. The molecule has 2 aromatic carbocycles. The molecule has 0 unspecified atom stereocenters. The van der Waals surface area contributed by atoms with E-state index in [9.17, 15) is 13.2 Å². The average molecular weight is 689 g/mol. The Morgan fingerprint density at radius 1 is 0.812 bits per heavy atom. The summed E-state index contributed by atoms with van der Waals surface area (Å²) in [6, 6.07) is 16.7. The molecule has 1 N–H and O–H groups in total. The van der Waals surface area contributed by atoms with E-state index >= 15 is 0 Å². The number of ether oxygens (including phenoxy) is 1. The van der Waals surface area contributed by atoms with Crippen LogP contribution in [0.15, 0.2) is 53.7 Å². The van der Waals surface area contributed by atoms with Crippen molar-refractivity contribution in [3.05, 3.63) is 59.7 Å². The van der Waals surface area contributed by atoms with Crippen LogP contribution in [0.4, 0.5) is 0 Å². The lowest BCUT2D eigenvalue weighted by Gasteiger charge is -2.24. The third-order valence-electron chi connectivity index (χ3n) is 8.26. The summed E-state index contributed by atoms with van der Waals surface area (Å²) in [7, 11) is -2.94. The SMILES string of the molecule is C.C.CC(C)C(=O)OCC1CCC1.CC(C)C(C)(C)C.CC(C)NS(=O)(=O)C1CC1.CC(C)ON=C1c2ccccc2-c2ccccc21. The summed E-state index contributed by atoms with van der Waals surface area (Å²) in [6.45, 7) is 23.3. The van der Waals surface area contributed by atoms with Crippen LogP contribution in [0.5, 0.6) is 0 Å². The molecule has 7 nitrogen and oxygen atoms in total. The normalized spacial score (nSPS) is 14.8. The molecule has 0 saturated heterocycles. The van der Waals surface area contributed by atoms with Crippen LogP contribution in [0.25, 0.3) is 11.1 Å². The summed E-state index contributed by atoms with van der Waals surface area (Å²) in [6.07, 6.45) is 5.56. The van der Waals surface area contributed by atoms with Gasteiger partial charge < -0.3 is 9.57 Å². The molecule has 0 atom stereocenters. The van der Waals surface area contributed by atoms with E-state index in [0.29, 0.717) is 17.9 Å². The lowest BCUT2D eigenvalue weighted by molar-refractivity contribution is -0.149. The molecule has 48 heavy (non-hydrogen) atoms. The van der Waals surface area contributed by atoms with Crippen LogP contribution in [-0.2, 0) is 24.4 Å². The van der Waals surface area contributed by atoms with Crippen LogP contribution in [-0.4, -0.2) is 44.1 Å². The van der Waals surface area contributed by atoms with E-state index in [1.807, 2.05) is 53.7 Å². The number of hydrogen-bond acceptors (Lipinski definition) is 6. The van der Waals surface area contributed by atoms with Crippen LogP contribution >= 0.6 is 0 Å². The van der Waals surface area contributed by atoms with Gasteiger partial charge >= 0.3 is 5.97 Å². The Balaban J connectivity index is 0.000000646. The van der Waals surface area contributed by atoms with E-state index in [2.05, 4.69) is 80.9 Å². The quantitative estimate of drug-likeness (QED) is 0.188. The molecule has 2 fully saturated rings. The molecule has 274 valence electrons. The van der Waals surface area contributed by atoms with Gasteiger partial charge in [0.2, 0.25) is 10.0 Å². The molecular formula is C40H68N2O5S. The number of nitrogens with one attached hydrogen (secondary N) is 1. The van der Waals surface area contributed by atoms with Gasteiger partial charge in [0.1, 0.15) is 11.8 Å².